The van der Waals surface area contributed by atoms with E-state index in [0.29, 0.717) is 0 Å². The number of hydrogen-bond acceptors (Lipinski definition) is 1. The van der Waals surface area contributed by atoms with Gasteiger partial charge in [0.15, 0.2) is 0 Å². The number of benzene rings is 8. The molecule has 1 aliphatic rings. The lowest BCUT2D eigenvalue weighted by molar-refractivity contribution is 0.660. The van der Waals surface area contributed by atoms with Crippen molar-refractivity contribution in [2.24, 2.45) is 0 Å². The largest absolute Gasteiger partial charge is 0.310 e. The van der Waals surface area contributed by atoms with Gasteiger partial charge < -0.3 is 4.90 Å². The Labute approximate surface area is 306 Å². The van der Waals surface area contributed by atoms with E-state index in [1.54, 1.807) is 0 Å². The van der Waals surface area contributed by atoms with Crippen LogP contribution < -0.4 is 4.90 Å². The summed E-state index contributed by atoms with van der Waals surface area (Å²) in [7, 11) is 0. The molecule has 0 atom stereocenters. The first-order valence-electron chi connectivity index (χ1n) is 18.1. The Bertz CT molecular complexity index is 2540. The molecule has 1 nitrogen and oxygen atoms in total. The fourth-order valence-electron chi connectivity index (χ4n) is 8.14. The van der Waals surface area contributed by atoms with Crippen LogP contribution in [0.2, 0.25) is 0 Å². The smallest absolute Gasteiger partial charge is 0.0468 e. The van der Waals surface area contributed by atoms with Crippen LogP contribution in [0.3, 0.4) is 0 Å². The molecule has 0 aromatic heterocycles. The van der Waals surface area contributed by atoms with Gasteiger partial charge in [0.25, 0.3) is 0 Å². The van der Waals surface area contributed by atoms with Gasteiger partial charge in [-0.3, -0.25) is 0 Å². The lowest BCUT2D eigenvalue weighted by Gasteiger charge is -2.28. The SMILES string of the molecule is CC1(C)c2ccccc2-c2cc(N(c3cccc(C(=C(c4ccccc4)c4ccccc4)c4ccccc4)c3)c3ccc4ccccc4c3)ccc21. The van der Waals surface area contributed by atoms with E-state index >= 15 is 0 Å². The van der Waals surface area contributed by atoms with Crippen LogP contribution in [-0.2, 0) is 5.41 Å². The van der Waals surface area contributed by atoms with E-state index < -0.39 is 0 Å². The molecule has 0 N–H and O–H groups in total. The van der Waals surface area contributed by atoms with Crippen LogP contribution in [0.25, 0.3) is 33.0 Å². The topological polar surface area (TPSA) is 3.24 Å². The number of anilines is 3. The van der Waals surface area contributed by atoms with Gasteiger partial charge in [0, 0.05) is 22.5 Å². The summed E-state index contributed by atoms with van der Waals surface area (Å²) in [5.41, 5.74) is 15.8. The molecule has 52 heavy (non-hydrogen) atoms. The van der Waals surface area contributed by atoms with Gasteiger partial charge in [0.2, 0.25) is 0 Å². The van der Waals surface area contributed by atoms with Crippen molar-refractivity contribution in [3.8, 4) is 11.1 Å². The average Bonchev–Trinajstić information content (AvgIpc) is 3.43. The molecule has 248 valence electrons. The van der Waals surface area contributed by atoms with Crippen molar-refractivity contribution in [2.45, 2.75) is 19.3 Å². The summed E-state index contributed by atoms with van der Waals surface area (Å²) in [5, 5.41) is 2.45. The molecule has 1 aliphatic carbocycles. The first-order valence-corrected chi connectivity index (χ1v) is 18.1. The Balaban J connectivity index is 1.29. The van der Waals surface area contributed by atoms with E-state index in [1.807, 2.05) is 0 Å². The first-order chi connectivity index (χ1) is 25.6. The van der Waals surface area contributed by atoms with Crippen molar-refractivity contribution in [2.75, 3.05) is 4.90 Å². The molecule has 0 aliphatic heterocycles. The van der Waals surface area contributed by atoms with Crippen LogP contribution >= 0.6 is 0 Å². The second-order valence-electron chi connectivity index (χ2n) is 14.2. The molecule has 8 aromatic rings. The third kappa shape index (κ3) is 5.52. The molecule has 0 saturated heterocycles. The molecule has 8 aromatic carbocycles. The van der Waals surface area contributed by atoms with Crippen LogP contribution in [-0.4, -0.2) is 0 Å². The number of hydrogen-bond donors (Lipinski definition) is 0. The van der Waals surface area contributed by atoms with E-state index in [0.717, 1.165) is 22.6 Å². The van der Waals surface area contributed by atoms with E-state index in [2.05, 4.69) is 219 Å². The van der Waals surface area contributed by atoms with Crippen molar-refractivity contribution >= 4 is 39.0 Å². The molecular weight excluding hydrogens is 627 g/mol. The van der Waals surface area contributed by atoms with Gasteiger partial charge in [-0.25, -0.2) is 0 Å². The van der Waals surface area contributed by atoms with Crippen LogP contribution in [0.1, 0.15) is 47.2 Å². The molecule has 0 amide bonds. The molecule has 0 unspecified atom stereocenters. The summed E-state index contributed by atoms with van der Waals surface area (Å²) in [6.07, 6.45) is 0. The van der Waals surface area contributed by atoms with Gasteiger partial charge in [-0.2, -0.15) is 0 Å². The maximum absolute atomic E-state index is 2.43. The second-order valence-corrected chi connectivity index (χ2v) is 14.2. The fourth-order valence-corrected chi connectivity index (χ4v) is 8.14. The molecule has 9 rings (SSSR count). The highest BCUT2D eigenvalue weighted by Crippen LogP contribution is 2.51. The minimum absolute atomic E-state index is 0.0567. The molecule has 1 heteroatoms. The quantitative estimate of drug-likeness (QED) is 0.153. The Morgan fingerprint density at radius 1 is 0.346 bits per heavy atom. The minimum atomic E-state index is -0.0567. The van der Waals surface area contributed by atoms with Crippen molar-refractivity contribution in [3.63, 3.8) is 0 Å². The van der Waals surface area contributed by atoms with Crippen molar-refractivity contribution < 1.29 is 0 Å². The third-order valence-electron chi connectivity index (χ3n) is 10.6. The van der Waals surface area contributed by atoms with E-state index in [9.17, 15) is 0 Å². The third-order valence-corrected chi connectivity index (χ3v) is 10.6. The molecule has 0 bridgehead atoms. The van der Waals surface area contributed by atoms with Crippen LogP contribution in [0.15, 0.2) is 200 Å². The zero-order valence-corrected chi connectivity index (χ0v) is 29.5. The molecule has 0 fully saturated rings. The summed E-state index contributed by atoms with van der Waals surface area (Å²) in [6, 6.07) is 72.9. The molecule has 0 spiro atoms. The van der Waals surface area contributed by atoms with Crippen LogP contribution in [0, 0.1) is 0 Å². The van der Waals surface area contributed by atoms with E-state index in [1.165, 1.54) is 60.9 Å². The molecule has 0 saturated carbocycles. The minimum Gasteiger partial charge on any atom is -0.310 e. The van der Waals surface area contributed by atoms with E-state index in [4.69, 9.17) is 0 Å². The van der Waals surface area contributed by atoms with Gasteiger partial charge in [0.1, 0.15) is 0 Å². The highest BCUT2D eigenvalue weighted by Gasteiger charge is 2.35. The summed E-state index contributed by atoms with van der Waals surface area (Å²) < 4.78 is 0. The van der Waals surface area contributed by atoms with Gasteiger partial charge in [0.05, 0.1) is 0 Å². The zero-order valence-electron chi connectivity index (χ0n) is 29.5. The van der Waals surface area contributed by atoms with Crippen LogP contribution in [0.4, 0.5) is 17.1 Å². The number of fused-ring (bicyclic) bond motifs is 4. The highest BCUT2D eigenvalue weighted by atomic mass is 15.1. The first kappa shape index (κ1) is 31.5. The maximum Gasteiger partial charge on any atom is 0.0468 e. The standard InChI is InChI=1S/C51H39N/c1-51(2)47-28-15-14-27-45(47)46-35-44(31-32-48(46)51)52(43-30-29-36-17-12-13-24-40(36)33-43)42-26-16-25-41(34-42)50(39-22-10-5-11-23-39)49(37-18-6-3-7-19-37)38-20-8-4-9-21-38/h3-35H,1-2H3. The monoisotopic (exact) mass is 665 g/mol. The lowest BCUT2D eigenvalue weighted by Crippen LogP contribution is -2.15. The summed E-state index contributed by atoms with van der Waals surface area (Å²) in [4.78, 5) is 2.43. The van der Waals surface area contributed by atoms with Crippen LogP contribution in [0.5, 0.6) is 0 Å². The maximum atomic E-state index is 2.43. The molecule has 0 radical (unpaired) electrons. The average molecular weight is 666 g/mol. The lowest BCUT2D eigenvalue weighted by atomic mass is 9.82. The van der Waals surface area contributed by atoms with Gasteiger partial charge in [-0.15, -0.1) is 0 Å². The van der Waals surface area contributed by atoms with Gasteiger partial charge >= 0.3 is 0 Å². The van der Waals surface area contributed by atoms with Crippen molar-refractivity contribution in [3.05, 3.63) is 234 Å². The molecule has 0 heterocycles. The summed E-state index contributed by atoms with van der Waals surface area (Å²) in [5.74, 6) is 0. The summed E-state index contributed by atoms with van der Waals surface area (Å²) >= 11 is 0. The normalized spacial score (nSPS) is 12.6. The van der Waals surface area contributed by atoms with Gasteiger partial charge in [-0.1, -0.05) is 178 Å². The Hall–Kier alpha value is -6.44. The second kappa shape index (κ2) is 13.0. The number of nitrogens with zero attached hydrogens (tertiary/aromatic N) is 1. The Kier molecular flexibility index (Phi) is 7.90. The number of rotatable bonds is 7. The predicted molar refractivity (Wildman–Crippen MR) is 221 cm³/mol. The predicted octanol–water partition coefficient (Wildman–Crippen LogP) is 13.6. The Morgan fingerprint density at radius 2 is 0.827 bits per heavy atom. The molecular formula is C51H39N. The highest BCUT2D eigenvalue weighted by molar-refractivity contribution is 6.05. The Morgan fingerprint density at radius 3 is 1.50 bits per heavy atom. The van der Waals surface area contributed by atoms with Gasteiger partial charge in [-0.05, 0) is 103 Å². The van der Waals surface area contributed by atoms with Crippen molar-refractivity contribution in [1.29, 1.82) is 0 Å². The van der Waals surface area contributed by atoms with Crippen molar-refractivity contribution in [1.82, 2.24) is 0 Å². The summed E-state index contributed by atoms with van der Waals surface area (Å²) in [6.45, 7) is 4.69. The van der Waals surface area contributed by atoms with E-state index in [-0.39, 0.29) is 5.41 Å². The fraction of sp³-hybridized carbons (Fsp3) is 0.0588. The zero-order chi connectivity index (χ0) is 35.1.